The van der Waals surface area contributed by atoms with Gasteiger partial charge in [-0.15, -0.1) is 5.10 Å². The number of aryl methyl sites for hydroxylation is 1. The molecule has 2 aromatic rings. The van der Waals surface area contributed by atoms with Crippen LogP contribution in [0.4, 0.5) is 10.6 Å². The number of carbonyl (C=O) groups is 1. The van der Waals surface area contributed by atoms with E-state index in [2.05, 4.69) is 32.5 Å². The van der Waals surface area contributed by atoms with E-state index in [0.29, 0.717) is 13.0 Å². The molecule has 7 nitrogen and oxygen atoms in total. The van der Waals surface area contributed by atoms with Gasteiger partial charge in [-0.2, -0.15) is 0 Å². The van der Waals surface area contributed by atoms with E-state index < -0.39 is 6.09 Å². The second-order valence-corrected chi connectivity index (χ2v) is 3.58. The second kappa shape index (κ2) is 6.16. The van der Waals surface area contributed by atoms with Crippen LogP contribution in [0.1, 0.15) is 12.0 Å². The summed E-state index contributed by atoms with van der Waals surface area (Å²) in [6, 6.07) is 3.27. The largest absolute Gasteiger partial charge is 0.465 e. The highest BCUT2D eigenvalue weighted by Gasteiger charge is 1.97. The quantitative estimate of drug-likeness (QED) is 0.806. The lowest BCUT2D eigenvalue weighted by molar-refractivity contribution is 0.209. The maximum Gasteiger partial charge on any atom is 0.410 e. The molecule has 2 N–H and O–H groups in total. The normalized spacial score (nSPS) is 9.47. The van der Waals surface area contributed by atoms with E-state index in [1.165, 1.54) is 6.20 Å². The van der Waals surface area contributed by atoms with E-state index in [1.807, 2.05) is 0 Å². The van der Waals surface area contributed by atoms with Gasteiger partial charge in [0.05, 0.1) is 12.7 Å². The highest BCUT2D eigenvalue weighted by atomic mass is 16.4. The smallest absolute Gasteiger partial charge is 0.410 e. The first-order valence-electron chi connectivity index (χ1n) is 5.53. The first kappa shape index (κ1) is 12.6. The molecule has 0 saturated heterocycles. The van der Waals surface area contributed by atoms with Crippen molar-refractivity contribution in [3.63, 3.8) is 0 Å². The van der Waals surface area contributed by atoms with Gasteiger partial charge in [0.25, 0.3) is 0 Å². The van der Waals surface area contributed by atoms with Crippen LogP contribution >= 0.6 is 0 Å². The zero-order valence-electron chi connectivity index (χ0n) is 9.95. The maximum atomic E-state index is 10.4. The van der Waals surface area contributed by atoms with Crippen LogP contribution in [-0.4, -0.2) is 31.2 Å². The summed E-state index contributed by atoms with van der Waals surface area (Å²) in [6.07, 6.45) is 4.42. The predicted octanol–water partition coefficient (Wildman–Crippen LogP) is 1.20. The molecule has 1 amide bonds. The summed E-state index contributed by atoms with van der Waals surface area (Å²) < 4.78 is 1.70. The summed E-state index contributed by atoms with van der Waals surface area (Å²) in [5.41, 5.74) is 0.731. The first-order valence-corrected chi connectivity index (χ1v) is 5.53. The molecule has 0 atom stereocenters. The van der Waals surface area contributed by atoms with Crippen molar-refractivity contribution in [2.45, 2.75) is 13.0 Å². The second-order valence-electron chi connectivity index (χ2n) is 3.58. The lowest BCUT2D eigenvalue weighted by Crippen LogP contribution is -2.08. The SMILES string of the molecule is O=C(O)Nc1ccc(C#CCCn2ccnn2)cn1. The van der Waals surface area contributed by atoms with E-state index in [-0.39, 0.29) is 5.82 Å². The Labute approximate surface area is 109 Å². The number of carboxylic acid groups (broad SMARTS) is 1. The molecule has 0 aromatic carbocycles. The van der Waals surface area contributed by atoms with Crippen molar-refractivity contribution in [2.24, 2.45) is 0 Å². The molecule has 0 aliphatic rings. The Bertz CT molecular complexity index is 595. The molecule has 0 fully saturated rings. The van der Waals surface area contributed by atoms with Crippen LogP contribution in [0, 0.1) is 11.8 Å². The lowest BCUT2D eigenvalue weighted by Gasteiger charge is -1.98. The number of hydrogen-bond acceptors (Lipinski definition) is 4. The van der Waals surface area contributed by atoms with Gasteiger partial charge in [0.15, 0.2) is 0 Å². The minimum absolute atomic E-state index is 0.278. The van der Waals surface area contributed by atoms with Crippen molar-refractivity contribution in [2.75, 3.05) is 5.32 Å². The summed E-state index contributed by atoms with van der Waals surface area (Å²) in [6.45, 7) is 0.680. The van der Waals surface area contributed by atoms with Gasteiger partial charge in [-0.25, -0.2) is 9.78 Å². The molecule has 0 radical (unpaired) electrons. The monoisotopic (exact) mass is 257 g/mol. The van der Waals surface area contributed by atoms with Crippen LogP contribution in [-0.2, 0) is 6.54 Å². The number of pyridine rings is 1. The molecule has 7 heteroatoms. The van der Waals surface area contributed by atoms with Gasteiger partial charge in [-0.05, 0) is 12.1 Å². The van der Waals surface area contributed by atoms with E-state index in [9.17, 15) is 4.79 Å². The van der Waals surface area contributed by atoms with E-state index in [1.54, 1.807) is 29.2 Å². The zero-order valence-corrected chi connectivity index (χ0v) is 9.95. The summed E-state index contributed by atoms with van der Waals surface area (Å²) in [5.74, 6) is 6.20. The molecule has 96 valence electrons. The average molecular weight is 257 g/mol. The molecule has 2 aromatic heterocycles. The number of anilines is 1. The Kier molecular flexibility index (Phi) is 4.08. The molecule has 0 aliphatic carbocycles. The number of hydrogen-bond donors (Lipinski definition) is 2. The van der Waals surface area contributed by atoms with Crippen molar-refractivity contribution in [1.82, 2.24) is 20.0 Å². The highest BCUT2D eigenvalue weighted by molar-refractivity contribution is 5.81. The Morgan fingerprint density at radius 3 is 3.00 bits per heavy atom. The number of amides is 1. The molecule has 2 rings (SSSR count). The fourth-order valence-corrected chi connectivity index (χ4v) is 1.34. The molecular weight excluding hydrogens is 246 g/mol. The van der Waals surface area contributed by atoms with Crippen molar-refractivity contribution >= 4 is 11.9 Å². The van der Waals surface area contributed by atoms with E-state index in [4.69, 9.17) is 5.11 Å². The summed E-state index contributed by atoms with van der Waals surface area (Å²) in [5, 5.41) is 18.2. The topological polar surface area (TPSA) is 92.9 Å². The average Bonchev–Trinajstić information content (AvgIpc) is 2.89. The molecule has 0 aliphatic heterocycles. The van der Waals surface area contributed by atoms with Crippen molar-refractivity contribution in [3.8, 4) is 11.8 Å². The molecule has 0 saturated carbocycles. The van der Waals surface area contributed by atoms with Crippen LogP contribution < -0.4 is 5.32 Å². The fraction of sp³-hybridized carbons (Fsp3) is 0.167. The fourth-order valence-electron chi connectivity index (χ4n) is 1.34. The number of aromatic nitrogens is 4. The van der Waals surface area contributed by atoms with Crippen LogP contribution in [0.15, 0.2) is 30.7 Å². The van der Waals surface area contributed by atoms with Crippen molar-refractivity contribution in [3.05, 3.63) is 36.3 Å². The predicted molar refractivity (Wildman–Crippen MR) is 67.4 cm³/mol. The Hall–Kier alpha value is -2.88. The highest BCUT2D eigenvalue weighted by Crippen LogP contribution is 2.03. The molecule has 0 bridgehead atoms. The van der Waals surface area contributed by atoms with Crippen LogP contribution in [0.25, 0.3) is 0 Å². The van der Waals surface area contributed by atoms with Gasteiger partial charge in [0.1, 0.15) is 5.82 Å². The van der Waals surface area contributed by atoms with Crippen molar-refractivity contribution < 1.29 is 9.90 Å². The first-order chi connectivity index (χ1) is 9.24. The minimum atomic E-state index is -1.14. The van der Waals surface area contributed by atoms with Crippen LogP contribution in [0.3, 0.4) is 0 Å². The van der Waals surface area contributed by atoms with Gasteiger partial charge >= 0.3 is 6.09 Å². The number of nitrogens with zero attached hydrogens (tertiary/aromatic N) is 4. The van der Waals surface area contributed by atoms with Gasteiger partial charge < -0.3 is 5.11 Å². The summed E-state index contributed by atoms with van der Waals surface area (Å²) in [7, 11) is 0. The number of nitrogens with one attached hydrogen (secondary N) is 1. The Morgan fingerprint density at radius 1 is 1.47 bits per heavy atom. The Balaban J connectivity index is 1.87. The van der Waals surface area contributed by atoms with Gasteiger partial charge in [0, 0.05) is 24.4 Å². The maximum absolute atomic E-state index is 10.4. The Morgan fingerprint density at radius 2 is 2.37 bits per heavy atom. The van der Waals surface area contributed by atoms with E-state index in [0.717, 1.165) is 5.56 Å². The minimum Gasteiger partial charge on any atom is -0.465 e. The molecular formula is C12H11N5O2. The van der Waals surface area contributed by atoms with E-state index >= 15 is 0 Å². The molecule has 2 heterocycles. The van der Waals surface area contributed by atoms with Crippen LogP contribution in [0.5, 0.6) is 0 Å². The summed E-state index contributed by atoms with van der Waals surface area (Å²) >= 11 is 0. The molecule has 0 unspecified atom stereocenters. The number of rotatable bonds is 3. The third-order valence-corrected chi connectivity index (χ3v) is 2.17. The van der Waals surface area contributed by atoms with Gasteiger partial charge in [0.2, 0.25) is 0 Å². The van der Waals surface area contributed by atoms with Gasteiger partial charge in [-0.3, -0.25) is 10.00 Å². The zero-order chi connectivity index (χ0) is 13.5. The lowest BCUT2D eigenvalue weighted by atomic mass is 10.2. The standard InChI is InChI=1S/C12H11N5O2/c18-12(19)15-11-5-4-10(9-13-11)3-1-2-7-17-8-6-14-16-17/h4-6,8-9H,2,7H2,(H,13,15)(H,18,19). The molecule has 19 heavy (non-hydrogen) atoms. The third-order valence-electron chi connectivity index (χ3n) is 2.17. The summed E-state index contributed by atoms with van der Waals surface area (Å²) in [4.78, 5) is 14.3. The molecule has 0 spiro atoms. The third kappa shape index (κ3) is 4.12. The van der Waals surface area contributed by atoms with Gasteiger partial charge in [-0.1, -0.05) is 17.1 Å². The van der Waals surface area contributed by atoms with Crippen LogP contribution in [0.2, 0.25) is 0 Å². The van der Waals surface area contributed by atoms with Crippen molar-refractivity contribution in [1.29, 1.82) is 0 Å².